The molecule has 0 radical (unpaired) electrons. The van der Waals surface area contributed by atoms with Crippen LogP contribution in [0.4, 0.5) is 0 Å². The van der Waals surface area contributed by atoms with Crippen LogP contribution in [0.5, 0.6) is 0 Å². The molecule has 2 aromatic rings. The van der Waals surface area contributed by atoms with Crippen LogP contribution in [0.2, 0.25) is 0 Å². The van der Waals surface area contributed by atoms with E-state index in [2.05, 4.69) is 19.2 Å². The number of fused-ring (bicyclic) bond motifs is 1. The fourth-order valence-corrected chi connectivity index (χ4v) is 3.37. The van der Waals surface area contributed by atoms with E-state index in [-0.39, 0.29) is 5.78 Å². The maximum Gasteiger partial charge on any atom is 0.199 e. The Balaban J connectivity index is 1.84. The molecule has 3 heteroatoms. The maximum absolute atomic E-state index is 12.6. The number of rotatable bonds is 4. The quantitative estimate of drug-likeness (QED) is 0.865. The lowest BCUT2D eigenvalue weighted by molar-refractivity contribution is 0.0932. The number of benzene rings is 1. The van der Waals surface area contributed by atoms with Crippen LogP contribution in [-0.4, -0.2) is 18.4 Å². The van der Waals surface area contributed by atoms with Crippen LogP contribution in [0.1, 0.15) is 49.2 Å². The summed E-state index contributed by atoms with van der Waals surface area (Å²) >= 11 is 0. The fraction of sp³-hybridized carbons (Fsp3) is 0.500. The van der Waals surface area contributed by atoms with E-state index in [1.807, 2.05) is 24.3 Å². The van der Waals surface area contributed by atoms with E-state index >= 15 is 0 Å². The molecule has 1 N–H and O–H groups in total. The highest BCUT2D eigenvalue weighted by atomic mass is 16.3. The van der Waals surface area contributed by atoms with E-state index in [9.17, 15) is 4.79 Å². The van der Waals surface area contributed by atoms with E-state index < -0.39 is 0 Å². The third kappa shape index (κ3) is 2.88. The number of hydrogen-bond acceptors (Lipinski definition) is 3. The summed E-state index contributed by atoms with van der Waals surface area (Å²) in [5.41, 5.74) is 1.88. The summed E-state index contributed by atoms with van der Waals surface area (Å²) in [5, 5.41) is 4.54. The molecule has 0 saturated carbocycles. The summed E-state index contributed by atoms with van der Waals surface area (Å²) in [7, 11) is 0. The van der Waals surface area contributed by atoms with Gasteiger partial charge in [-0.05, 0) is 37.8 Å². The second-order valence-electron chi connectivity index (χ2n) is 6.17. The van der Waals surface area contributed by atoms with Crippen LogP contribution < -0.4 is 5.32 Å². The number of aryl methyl sites for hydroxylation is 1. The predicted molar refractivity (Wildman–Crippen MR) is 84.7 cm³/mol. The molecule has 0 spiro atoms. The fourth-order valence-electron chi connectivity index (χ4n) is 3.37. The summed E-state index contributed by atoms with van der Waals surface area (Å²) in [6, 6.07) is 8.21. The van der Waals surface area contributed by atoms with Crippen LogP contribution in [-0.2, 0) is 6.42 Å². The van der Waals surface area contributed by atoms with Crippen molar-refractivity contribution in [3.05, 3.63) is 35.6 Å². The monoisotopic (exact) mass is 285 g/mol. The highest BCUT2D eigenvalue weighted by Gasteiger charge is 2.25. The zero-order valence-corrected chi connectivity index (χ0v) is 12.8. The number of para-hydroxylation sites is 1. The molecule has 2 unspecified atom stereocenters. The Morgan fingerprint density at radius 3 is 2.95 bits per heavy atom. The van der Waals surface area contributed by atoms with Crippen LogP contribution in [0, 0.1) is 5.92 Å². The average Bonchev–Trinajstić information content (AvgIpc) is 2.86. The Morgan fingerprint density at radius 2 is 2.19 bits per heavy atom. The SMILES string of the molecule is CCc1c(C(=O)CC2CC(C)CCN2)oc2ccccc12. The van der Waals surface area contributed by atoms with Gasteiger partial charge in [0, 0.05) is 23.4 Å². The number of Topliss-reactive ketones (excluding diaryl/α,β-unsaturated/α-hetero) is 1. The van der Waals surface area contributed by atoms with Gasteiger partial charge in [-0.15, -0.1) is 0 Å². The zero-order valence-electron chi connectivity index (χ0n) is 12.8. The summed E-state index contributed by atoms with van der Waals surface area (Å²) < 4.78 is 5.84. The molecule has 0 aliphatic carbocycles. The van der Waals surface area contributed by atoms with Crippen molar-refractivity contribution in [1.29, 1.82) is 0 Å². The summed E-state index contributed by atoms with van der Waals surface area (Å²) in [6.07, 6.45) is 3.65. The lowest BCUT2D eigenvalue weighted by Crippen LogP contribution is -2.38. The number of furan rings is 1. The third-order valence-corrected chi connectivity index (χ3v) is 4.49. The highest BCUT2D eigenvalue weighted by Crippen LogP contribution is 2.28. The van der Waals surface area contributed by atoms with E-state index in [0.29, 0.717) is 24.1 Å². The van der Waals surface area contributed by atoms with Crippen LogP contribution in [0.25, 0.3) is 11.0 Å². The normalized spacial score (nSPS) is 22.6. The molecule has 1 aliphatic rings. The largest absolute Gasteiger partial charge is 0.453 e. The lowest BCUT2D eigenvalue weighted by Gasteiger charge is -2.27. The Bertz CT molecular complexity index is 644. The van der Waals surface area contributed by atoms with Crippen LogP contribution in [0.3, 0.4) is 0 Å². The molecule has 3 rings (SSSR count). The Hall–Kier alpha value is -1.61. The zero-order chi connectivity index (χ0) is 14.8. The van der Waals surface area contributed by atoms with Crippen molar-refractivity contribution in [2.24, 2.45) is 5.92 Å². The molecule has 1 aliphatic heterocycles. The van der Waals surface area contributed by atoms with E-state index in [1.54, 1.807) is 0 Å². The van der Waals surface area contributed by atoms with Gasteiger partial charge in [-0.3, -0.25) is 4.79 Å². The Labute approximate surface area is 125 Å². The molecular weight excluding hydrogens is 262 g/mol. The van der Waals surface area contributed by atoms with E-state index in [4.69, 9.17) is 4.42 Å². The number of carbonyl (C=O) groups excluding carboxylic acids is 1. The van der Waals surface area contributed by atoms with Crippen molar-refractivity contribution in [3.63, 3.8) is 0 Å². The van der Waals surface area contributed by atoms with E-state index in [1.165, 1.54) is 6.42 Å². The van der Waals surface area contributed by atoms with Gasteiger partial charge in [0.2, 0.25) is 0 Å². The average molecular weight is 285 g/mol. The first-order chi connectivity index (χ1) is 10.2. The highest BCUT2D eigenvalue weighted by molar-refractivity contribution is 6.00. The molecule has 1 aromatic heterocycles. The number of ketones is 1. The molecule has 2 atom stereocenters. The molecule has 1 aromatic carbocycles. The molecule has 0 bridgehead atoms. The van der Waals surface area contributed by atoms with E-state index in [0.717, 1.165) is 35.9 Å². The third-order valence-electron chi connectivity index (χ3n) is 4.49. The second-order valence-corrected chi connectivity index (χ2v) is 6.17. The van der Waals surface area contributed by atoms with Gasteiger partial charge >= 0.3 is 0 Å². The van der Waals surface area contributed by atoms with Gasteiger partial charge in [0.25, 0.3) is 0 Å². The standard InChI is InChI=1S/C18H23NO2/c1-3-14-15-6-4-5-7-17(15)21-18(14)16(20)11-13-10-12(2)8-9-19-13/h4-7,12-13,19H,3,8-11H2,1-2H3. The van der Waals surface area contributed by atoms with Gasteiger partial charge in [-0.1, -0.05) is 32.0 Å². The molecule has 21 heavy (non-hydrogen) atoms. The molecule has 0 amide bonds. The molecule has 1 saturated heterocycles. The van der Waals surface area contributed by atoms with Gasteiger partial charge in [-0.2, -0.15) is 0 Å². The number of nitrogens with one attached hydrogen (secondary N) is 1. The molecule has 1 fully saturated rings. The minimum absolute atomic E-state index is 0.134. The first kappa shape index (κ1) is 14.3. The summed E-state index contributed by atoms with van der Waals surface area (Å²) in [6.45, 7) is 5.35. The maximum atomic E-state index is 12.6. The first-order valence-corrected chi connectivity index (χ1v) is 7.96. The smallest absolute Gasteiger partial charge is 0.199 e. The molecule has 3 nitrogen and oxygen atoms in total. The molecular formula is C18H23NO2. The van der Waals surface area contributed by atoms with Gasteiger partial charge in [0.15, 0.2) is 11.5 Å². The van der Waals surface area contributed by atoms with Crippen LogP contribution in [0.15, 0.2) is 28.7 Å². The van der Waals surface area contributed by atoms with Gasteiger partial charge in [0.05, 0.1) is 0 Å². The number of piperidine rings is 1. The van der Waals surface area contributed by atoms with Crippen LogP contribution >= 0.6 is 0 Å². The van der Waals surface area contributed by atoms with Crippen molar-refractivity contribution in [2.75, 3.05) is 6.54 Å². The molecule has 2 heterocycles. The number of carbonyl (C=O) groups is 1. The molecule has 112 valence electrons. The minimum Gasteiger partial charge on any atom is -0.453 e. The number of hydrogen-bond donors (Lipinski definition) is 1. The van der Waals surface area contributed by atoms with Gasteiger partial charge < -0.3 is 9.73 Å². The summed E-state index contributed by atoms with van der Waals surface area (Å²) in [4.78, 5) is 12.6. The van der Waals surface area contributed by atoms with Crippen molar-refractivity contribution >= 4 is 16.8 Å². The van der Waals surface area contributed by atoms with Gasteiger partial charge in [0.1, 0.15) is 5.58 Å². The van der Waals surface area contributed by atoms with Crippen molar-refractivity contribution < 1.29 is 9.21 Å². The predicted octanol–water partition coefficient (Wildman–Crippen LogP) is 3.96. The topological polar surface area (TPSA) is 42.2 Å². The van der Waals surface area contributed by atoms with Crippen molar-refractivity contribution in [2.45, 2.75) is 45.6 Å². The Morgan fingerprint density at radius 1 is 1.38 bits per heavy atom. The minimum atomic E-state index is 0.134. The van der Waals surface area contributed by atoms with Crippen molar-refractivity contribution in [1.82, 2.24) is 5.32 Å². The second kappa shape index (κ2) is 6.02. The van der Waals surface area contributed by atoms with Crippen molar-refractivity contribution in [3.8, 4) is 0 Å². The first-order valence-electron chi connectivity index (χ1n) is 7.96. The Kier molecular flexibility index (Phi) is 4.11. The van der Waals surface area contributed by atoms with Gasteiger partial charge in [-0.25, -0.2) is 0 Å². The lowest BCUT2D eigenvalue weighted by atomic mass is 9.90. The summed E-state index contributed by atoms with van der Waals surface area (Å²) in [5.74, 6) is 1.40.